The summed E-state index contributed by atoms with van der Waals surface area (Å²) in [5.41, 5.74) is 5.35. The molecule has 0 aromatic carbocycles. The fourth-order valence-corrected chi connectivity index (χ4v) is 1.15. The Balaban J connectivity index is 2.04. The van der Waals surface area contributed by atoms with Gasteiger partial charge in [-0.25, -0.2) is 4.99 Å². The van der Waals surface area contributed by atoms with Gasteiger partial charge in [-0.3, -0.25) is 4.79 Å². The van der Waals surface area contributed by atoms with Crippen LogP contribution in [0.4, 0.5) is 0 Å². The third-order valence-electron chi connectivity index (χ3n) is 1.99. The zero-order valence-corrected chi connectivity index (χ0v) is 6.64. The first-order valence-corrected chi connectivity index (χ1v) is 4.03. The number of aldehydes is 1. The molecule has 2 rings (SSSR count). The van der Waals surface area contributed by atoms with Crippen molar-refractivity contribution < 1.29 is 9.63 Å². The predicted octanol–water partition coefficient (Wildman–Crippen LogP) is -0.517. The molecule has 2 aliphatic rings. The van der Waals surface area contributed by atoms with E-state index < -0.39 is 6.17 Å². The number of hydrogen-bond acceptors (Lipinski definition) is 5. The highest BCUT2D eigenvalue weighted by Crippen LogP contribution is 2.33. The van der Waals surface area contributed by atoms with Crippen LogP contribution in [-0.4, -0.2) is 30.1 Å². The second-order valence-corrected chi connectivity index (χ2v) is 2.98. The lowest BCUT2D eigenvalue weighted by molar-refractivity contribution is -0.126. The molecular formula is C7H11N3O2. The van der Waals surface area contributed by atoms with E-state index in [1.165, 1.54) is 5.06 Å². The molecule has 5 nitrogen and oxygen atoms in total. The van der Waals surface area contributed by atoms with Crippen molar-refractivity contribution in [3.63, 3.8) is 0 Å². The maximum Gasteiger partial charge on any atom is 0.215 e. The minimum Gasteiger partial charge on any atom is -0.387 e. The summed E-state index contributed by atoms with van der Waals surface area (Å²) >= 11 is 0. The Morgan fingerprint density at radius 3 is 2.92 bits per heavy atom. The number of aliphatic imine (C=N–C) groups is 1. The molecule has 0 spiro atoms. The maximum absolute atomic E-state index is 10.5. The summed E-state index contributed by atoms with van der Waals surface area (Å²) in [6.45, 7) is 0.198. The van der Waals surface area contributed by atoms with Crippen LogP contribution >= 0.6 is 0 Å². The van der Waals surface area contributed by atoms with Crippen LogP contribution in [0.25, 0.3) is 0 Å². The molecule has 1 aliphatic carbocycles. The average Bonchev–Trinajstić information content (AvgIpc) is 2.85. The van der Waals surface area contributed by atoms with Crippen molar-refractivity contribution in [1.82, 2.24) is 5.06 Å². The van der Waals surface area contributed by atoms with Crippen LogP contribution in [0.1, 0.15) is 12.8 Å². The Bertz CT molecular complexity index is 225. The Morgan fingerprint density at radius 1 is 1.75 bits per heavy atom. The van der Waals surface area contributed by atoms with Crippen LogP contribution in [0, 0.1) is 5.92 Å². The van der Waals surface area contributed by atoms with Crippen LogP contribution in [0.2, 0.25) is 0 Å². The van der Waals surface area contributed by atoms with Crippen molar-refractivity contribution >= 4 is 12.2 Å². The lowest BCUT2D eigenvalue weighted by Crippen LogP contribution is -2.35. The molecule has 12 heavy (non-hydrogen) atoms. The number of nitrogens with zero attached hydrogens (tertiary/aromatic N) is 2. The van der Waals surface area contributed by atoms with E-state index in [-0.39, 0.29) is 6.67 Å². The van der Waals surface area contributed by atoms with E-state index in [9.17, 15) is 4.79 Å². The van der Waals surface area contributed by atoms with Crippen molar-refractivity contribution in [3.05, 3.63) is 0 Å². The molecule has 1 atom stereocenters. The van der Waals surface area contributed by atoms with Crippen molar-refractivity contribution in [3.8, 4) is 0 Å². The second-order valence-electron chi connectivity index (χ2n) is 2.98. The molecule has 0 amide bonds. The van der Waals surface area contributed by atoms with Crippen LogP contribution in [0.15, 0.2) is 4.99 Å². The Kier molecular flexibility index (Phi) is 1.82. The number of rotatable bonds is 3. The summed E-state index contributed by atoms with van der Waals surface area (Å²) in [5.74, 6) is 1.11. The fraction of sp³-hybridized carbons (Fsp3) is 0.714. The first-order chi connectivity index (χ1) is 5.85. The molecule has 2 N–H and O–H groups in total. The van der Waals surface area contributed by atoms with E-state index in [1.54, 1.807) is 0 Å². The standard InChI is InChI=1S/C7H11N3O2/c8-4-10-6(3-11)9-7(12-10)5-1-2-5/h3,5-6H,1-2,4,8H2. The highest BCUT2D eigenvalue weighted by atomic mass is 16.7. The minimum absolute atomic E-state index is 0.198. The van der Waals surface area contributed by atoms with Crippen molar-refractivity contribution in [2.45, 2.75) is 19.0 Å². The first-order valence-electron chi connectivity index (χ1n) is 4.03. The van der Waals surface area contributed by atoms with Gasteiger partial charge in [0, 0.05) is 5.92 Å². The van der Waals surface area contributed by atoms with E-state index in [1.807, 2.05) is 0 Å². The third-order valence-corrected chi connectivity index (χ3v) is 1.99. The number of nitrogens with two attached hydrogens (primary N) is 1. The van der Waals surface area contributed by atoms with Gasteiger partial charge in [0.2, 0.25) is 5.90 Å². The largest absolute Gasteiger partial charge is 0.387 e. The quantitative estimate of drug-likeness (QED) is 0.577. The lowest BCUT2D eigenvalue weighted by Gasteiger charge is -2.14. The van der Waals surface area contributed by atoms with Gasteiger partial charge in [-0.1, -0.05) is 5.06 Å². The van der Waals surface area contributed by atoms with Crippen LogP contribution in [0.5, 0.6) is 0 Å². The van der Waals surface area contributed by atoms with E-state index in [4.69, 9.17) is 10.6 Å². The van der Waals surface area contributed by atoms with E-state index >= 15 is 0 Å². The van der Waals surface area contributed by atoms with Crippen LogP contribution < -0.4 is 5.73 Å². The zero-order chi connectivity index (χ0) is 8.55. The van der Waals surface area contributed by atoms with Gasteiger partial charge in [0.15, 0.2) is 12.5 Å². The van der Waals surface area contributed by atoms with Gasteiger partial charge in [0.25, 0.3) is 0 Å². The molecule has 1 heterocycles. The van der Waals surface area contributed by atoms with Crippen LogP contribution in [-0.2, 0) is 9.63 Å². The molecule has 1 fully saturated rings. The first kappa shape index (κ1) is 7.70. The molecular weight excluding hydrogens is 158 g/mol. The summed E-state index contributed by atoms with van der Waals surface area (Å²) in [6.07, 6.45) is 2.44. The molecule has 66 valence electrons. The van der Waals surface area contributed by atoms with Gasteiger partial charge in [-0.2, -0.15) is 0 Å². The molecule has 1 aliphatic heterocycles. The minimum atomic E-state index is -0.523. The molecule has 0 aromatic rings. The predicted molar refractivity (Wildman–Crippen MR) is 42.0 cm³/mol. The fourth-order valence-electron chi connectivity index (χ4n) is 1.15. The summed E-state index contributed by atoms with van der Waals surface area (Å²) < 4.78 is 0. The number of hydrogen-bond donors (Lipinski definition) is 1. The highest BCUT2D eigenvalue weighted by molar-refractivity contribution is 5.84. The summed E-state index contributed by atoms with van der Waals surface area (Å²) in [6, 6.07) is 0. The molecule has 1 saturated carbocycles. The van der Waals surface area contributed by atoms with Crippen molar-refractivity contribution in [1.29, 1.82) is 0 Å². The Morgan fingerprint density at radius 2 is 2.50 bits per heavy atom. The van der Waals surface area contributed by atoms with Gasteiger partial charge in [-0.05, 0) is 12.8 Å². The Labute approximate surface area is 70.1 Å². The summed E-state index contributed by atoms with van der Waals surface area (Å²) in [4.78, 5) is 19.8. The van der Waals surface area contributed by atoms with Gasteiger partial charge >= 0.3 is 0 Å². The van der Waals surface area contributed by atoms with Gasteiger partial charge in [-0.15, -0.1) is 0 Å². The summed E-state index contributed by atoms with van der Waals surface area (Å²) in [7, 11) is 0. The molecule has 0 saturated heterocycles. The van der Waals surface area contributed by atoms with E-state index in [0.717, 1.165) is 19.1 Å². The average molecular weight is 169 g/mol. The van der Waals surface area contributed by atoms with E-state index in [0.29, 0.717) is 11.8 Å². The van der Waals surface area contributed by atoms with Gasteiger partial charge in [0.1, 0.15) is 0 Å². The topological polar surface area (TPSA) is 67.9 Å². The monoisotopic (exact) mass is 169 g/mol. The third kappa shape index (κ3) is 1.21. The Hall–Kier alpha value is -0.940. The molecule has 1 unspecified atom stereocenters. The molecule has 0 radical (unpaired) electrons. The highest BCUT2D eigenvalue weighted by Gasteiger charge is 2.37. The van der Waals surface area contributed by atoms with Gasteiger partial charge < -0.3 is 10.6 Å². The van der Waals surface area contributed by atoms with Crippen molar-refractivity contribution in [2.75, 3.05) is 6.67 Å². The SMILES string of the molecule is NCN1OC(C2CC2)=NC1C=O. The second kappa shape index (κ2) is 2.84. The maximum atomic E-state index is 10.5. The molecule has 5 heteroatoms. The summed E-state index contributed by atoms with van der Waals surface area (Å²) in [5, 5.41) is 1.39. The smallest absolute Gasteiger partial charge is 0.215 e. The van der Waals surface area contributed by atoms with E-state index in [2.05, 4.69) is 4.99 Å². The van der Waals surface area contributed by atoms with Crippen LogP contribution in [0.3, 0.4) is 0 Å². The molecule has 0 aromatic heterocycles. The molecule has 0 bridgehead atoms. The number of carbonyl (C=O) groups is 1. The number of hydroxylamine groups is 2. The zero-order valence-electron chi connectivity index (χ0n) is 6.64. The lowest BCUT2D eigenvalue weighted by atomic mass is 10.4. The number of carbonyl (C=O) groups excluding carboxylic acids is 1. The van der Waals surface area contributed by atoms with Crippen molar-refractivity contribution in [2.24, 2.45) is 16.6 Å². The normalized spacial score (nSPS) is 29.8. The van der Waals surface area contributed by atoms with Gasteiger partial charge in [0.05, 0.1) is 6.67 Å².